The van der Waals surface area contributed by atoms with Crippen molar-refractivity contribution in [3.05, 3.63) is 65.5 Å². The minimum atomic E-state index is -0.464. The van der Waals surface area contributed by atoms with Gasteiger partial charge in [0.25, 0.3) is 5.89 Å². The molecule has 7 heteroatoms. The first-order valence-electron chi connectivity index (χ1n) is 8.18. The van der Waals surface area contributed by atoms with Crippen LogP contribution in [0.3, 0.4) is 0 Å². The van der Waals surface area contributed by atoms with Gasteiger partial charge in [-0.1, -0.05) is 23.4 Å². The molecule has 3 aromatic rings. The Hall–Kier alpha value is -3.09. The molecule has 1 aliphatic rings. The Morgan fingerprint density at radius 2 is 1.96 bits per heavy atom. The second-order valence-corrected chi connectivity index (χ2v) is 6.30. The molecule has 1 aliphatic heterocycles. The van der Waals surface area contributed by atoms with Gasteiger partial charge in [0.1, 0.15) is 11.6 Å². The van der Waals surface area contributed by atoms with Crippen molar-refractivity contribution < 1.29 is 18.1 Å². The van der Waals surface area contributed by atoms with E-state index >= 15 is 0 Å². The van der Waals surface area contributed by atoms with E-state index in [1.54, 1.807) is 30.3 Å². The van der Waals surface area contributed by atoms with Crippen LogP contribution < -0.4 is 4.90 Å². The maximum absolute atomic E-state index is 14.1. The van der Waals surface area contributed by atoms with Crippen LogP contribution in [-0.4, -0.2) is 22.6 Å². The number of amides is 1. The average molecular weight is 355 g/mol. The standard InChI is InChI=1S/C19H15F2N3O2/c1-11-6-7-15(21)16(8-11)24-10-12(9-17(24)25)18-22-19(26-23-18)13-4-2-3-5-14(13)20/h2-8,12H,9-10H2,1H3. The molecule has 2 heterocycles. The van der Waals surface area contributed by atoms with Gasteiger partial charge in [0, 0.05) is 18.9 Å². The quantitative estimate of drug-likeness (QED) is 0.716. The summed E-state index contributed by atoms with van der Waals surface area (Å²) in [4.78, 5) is 18.0. The summed E-state index contributed by atoms with van der Waals surface area (Å²) in [6.07, 6.45) is 0.142. The van der Waals surface area contributed by atoms with Crippen LogP contribution in [0, 0.1) is 18.6 Å². The monoisotopic (exact) mass is 355 g/mol. The van der Waals surface area contributed by atoms with Crippen LogP contribution in [-0.2, 0) is 4.79 Å². The van der Waals surface area contributed by atoms with Crippen molar-refractivity contribution in [3.63, 3.8) is 0 Å². The van der Waals surface area contributed by atoms with Gasteiger partial charge in [-0.15, -0.1) is 0 Å². The third-order valence-corrected chi connectivity index (χ3v) is 4.43. The molecule has 1 unspecified atom stereocenters. The number of anilines is 1. The SMILES string of the molecule is Cc1ccc(F)c(N2CC(c3noc(-c4ccccc4F)n3)CC2=O)c1. The molecule has 1 amide bonds. The van der Waals surface area contributed by atoms with Gasteiger partial charge in [-0.25, -0.2) is 8.78 Å². The normalized spacial score (nSPS) is 17.1. The van der Waals surface area contributed by atoms with Crippen LogP contribution >= 0.6 is 0 Å². The second-order valence-electron chi connectivity index (χ2n) is 6.30. The van der Waals surface area contributed by atoms with Gasteiger partial charge >= 0.3 is 0 Å². The molecular weight excluding hydrogens is 340 g/mol. The van der Waals surface area contributed by atoms with Crippen LogP contribution in [0.2, 0.25) is 0 Å². The van der Waals surface area contributed by atoms with Gasteiger partial charge in [0.05, 0.1) is 11.3 Å². The van der Waals surface area contributed by atoms with Crippen LogP contribution in [0.4, 0.5) is 14.5 Å². The van der Waals surface area contributed by atoms with E-state index in [0.29, 0.717) is 5.82 Å². The summed E-state index contributed by atoms with van der Waals surface area (Å²) in [7, 11) is 0. The van der Waals surface area contributed by atoms with Gasteiger partial charge in [-0.05, 0) is 36.8 Å². The molecule has 1 saturated heterocycles. The first kappa shape index (κ1) is 16.4. The Morgan fingerprint density at radius 3 is 2.77 bits per heavy atom. The van der Waals surface area contributed by atoms with E-state index in [1.807, 2.05) is 6.92 Å². The number of benzene rings is 2. The van der Waals surface area contributed by atoms with Gasteiger partial charge in [-0.2, -0.15) is 4.98 Å². The summed E-state index contributed by atoms with van der Waals surface area (Å²) < 4.78 is 33.1. The number of halogens is 2. The number of aryl methyl sites for hydroxylation is 1. The maximum Gasteiger partial charge on any atom is 0.260 e. The molecule has 2 aromatic carbocycles. The van der Waals surface area contributed by atoms with Crippen molar-refractivity contribution in [1.82, 2.24) is 10.1 Å². The zero-order valence-corrected chi connectivity index (χ0v) is 13.9. The van der Waals surface area contributed by atoms with E-state index in [2.05, 4.69) is 10.1 Å². The fraction of sp³-hybridized carbons (Fsp3) is 0.211. The highest BCUT2D eigenvalue weighted by atomic mass is 19.1. The molecule has 0 radical (unpaired) electrons. The molecule has 132 valence electrons. The fourth-order valence-electron chi connectivity index (χ4n) is 3.09. The van der Waals surface area contributed by atoms with Crippen molar-refractivity contribution in [2.24, 2.45) is 0 Å². The molecule has 26 heavy (non-hydrogen) atoms. The molecular formula is C19H15F2N3O2. The van der Waals surface area contributed by atoms with E-state index in [4.69, 9.17) is 4.52 Å². The zero-order chi connectivity index (χ0) is 18.3. The number of rotatable bonds is 3. The highest BCUT2D eigenvalue weighted by molar-refractivity contribution is 5.96. The van der Waals surface area contributed by atoms with Crippen LogP contribution in [0.25, 0.3) is 11.5 Å². The molecule has 1 fully saturated rings. The lowest BCUT2D eigenvalue weighted by atomic mass is 10.1. The largest absolute Gasteiger partial charge is 0.334 e. The molecule has 0 bridgehead atoms. The molecule has 0 saturated carbocycles. The number of carbonyl (C=O) groups excluding carboxylic acids is 1. The van der Waals surface area contributed by atoms with Crippen molar-refractivity contribution in [3.8, 4) is 11.5 Å². The summed E-state index contributed by atoms with van der Waals surface area (Å²) in [6, 6.07) is 10.7. The summed E-state index contributed by atoms with van der Waals surface area (Å²) in [5.41, 5.74) is 1.31. The summed E-state index contributed by atoms with van der Waals surface area (Å²) in [6.45, 7) is 2.08. The number of hydrogen-bond donors (Lipinski definition) is 0. The second kappa shape index (κ2) is 6.33. The third-order valence-electron chi connectivity index (χ3n) is 4.43. The molecule has 1 aromatic heterocycles. The number of nitrogens with zero attached hydrogens (tertiary/aromatic N) is 3. The van der Waals surface area contributed by atoms with Crippen LogP contribution in [0.15, 0.2) is 47.0 Å². The van der Waals surface area contributed by atoms with Crippen molar-refractivity contribution in [2.75, 3.05) is 11.4 Å². The van der Waals surface area contributed by atoms with E-state index in [-0.39, 0.29) is 41.9 Å². The first-order valence-corrected chi connectivity index (χ1v) is 8.18. The molecule has 5 nitrogen and oxygen atoms in total. The predicted octanol–water partition coefficient (Wildman–Crippen LogP) is 3.84. The molecule has 1 atom stereocenters. The molecule has 0 N–H and O–H groups in total. The zero-order valence-electron chi connectivity index (χ0n) is 13.9. The third kappa shape index (κ3) is 2.85. The van der Waals surface area contributed by atoms with Gasteiger partial charge in [-0.3, -0.25) is 4.79 Å². The van der Waals surface area contributed by atoms with Crippen molar-refractivity contribution >= 4 is 11.6 Å². The van der Waals surface area contributed by atoms with E-state index < -0.39 is 11.6 Å². The van der Waals surface area contributed by atoms with E-state index in [9.17, 15) is 13.6 Å². The Morgan fingerprint density at radius 1 is 1.15 bits per heavy atom. The van der Waals surface area contributed by atoms with Gasteiger partial charge < -0.3 is 9.42 Å². The summed E-state index contributed by atoms with van der Waals surface area (Å²) in [5.74, 6) is -1.10. The Balaban J connectivity index is 1.60. The highest BCUT2D eigenvalue weighted by Gasteiger charge is 2.35. The predicted molar refractivity (Wildman–Crippen MR) is 90.5 cm³/mol. The average Bonchev–Trinajstić information content (AvgIpc) is 3.24. The minimum absolute atomic E-state index is 0.0609. The Labute approximate surface area is 148 Å². The van der Waals surface area contributed by atoms with E-state index in [0.717, 1.165) is 5.56 Å². The topological polar surface area (TPSA) is 59.2 Å². The van der Waals surface area contributed by atoms with Gasteiger partial charge in [0.15, 0.2) is 5.82 Å². The maximum atomic E-state index is 14.1. The fourth-order valence-corrected chi connectivity index (χ4v) is 3.09. The van der Waals surface area contributed by atoms with Crippen molar-refractivity contribution in [2.45, 2.75) is 19.3 Å². The highest BCUT2D eigenvalue weighted by Crippen LogP contribution is 2.33. The number of aromatic nitrogens is 2. The Bertz CT molecular complexity index is 986. The summed E-state index contributed by atoms with van der Waals surface area (Å²) in [5, 5.41) is 3.89. The molecule has 4 rings (SSSR count). The minimum Gasteiger partial charge on any atom is -0.334 e. The van der Waals surface area contributed by atoms with Crippen LogP contribution in [0.1, 0.15) is 23.7 Å². The summed E-state index contributed by atoms with van der Waals surface area (Å²) >= 11 is 0. The van der Waals surface area contributed by atoms with Gasteiger partial charge in [0.2, 0.25) is 5.91 Å². The lowest BCUT2D eigenvalue weighted by Gasteiger charge is -2.17. The lowest BCUT2D eigenvalue weighted by molar-refractivity contribution is -0.117. The Kier molecular flexibility index (Phi) is 3.99. The van der Waals surface area contributed by atoms with Crippen molar-refractivity contribution in [1.29, 1.82) is 0 Å². The first-order chi connectivity index (χ1) is 12.5. The smallest absolute Gasteiger partial charge is 0.260 e. The van der Waals surface area contributed by atoms with Crippen LogP contribution in [0.5, 0.6) is 0 Å². The number of hydrogen-bond acceptors (Lipinski definition) is 4. The lowest BCUT2D eigenvalue weighted by Crippen LogP contribution is -2.25. The molecule has 0 spiro atoms. The molecule has 0 aliphatic carbocycles. The number of carbonyl (C=O) groups is 1. The van der Waals surface area contributed by atoms with E-state index in [1.165, 1.54) is 17.0 Å².